The van der Waals surface area contributed by atoms with Gasteiger partial charge in [0.15, 0.2) is 0 Å². The second-order valence-electron chi connectivity index (χ2n) is 4.46. The van der Waals surface area contributed by atoms with Crippen LogP contribution in [-0.2, 0) is 20.9 Å². The fraction of sp³-hybridized carbons (Fsp3) is 0.538. The van der Waals surface area contributed by atoms with Gasteiger partial charge in [0.25, 0.3) is 0 Å². The van der Waals surface area contributed by atoms with E-state index >= 15 is 0 Å². The fourth-order valence-corrected chi connectivity index (χ4v) is 1.93. The van der Waals surface area contributed by atoms with E-state index in [2.05, 4.69) is 10.6 Å². The van der Waals surface area contributed by atoms with Gasteiger partial charge in [-0.2, -0.15) is 0 Å². The van der Waals surface area contributed by atoms with Crippen molar-refractivity contribution in [1.29, 1.82) is 0 Å². The van der Waals surface area contributed by atoms with Crippen LogP contribution in [0.1, 0.15) is 18.6 Å². The molecule has 1 saturated heterocycles. The lowest BCUT2D eigenvalue weighted by Crippen LogP contribution is -2.40. The number of amides is 2. The molecule has 1 aliphatic rings. The molecule has 0 atom stereocenters. The van der Waals surface area contributed by atoms with Crippen molar-refractivity contribution in [3.8, 4) is 0 Å². The van der Waals surface area contributed by atoms with Crippen LogP contribution in [0, 0.1) is 5.92 Å². The van der Waals surface area contributed by atoms with Gasteiger partial charge < -0.3 is 19.8 Å². The molecule has 1 aromatic rings. The van der Waals surface area contributed by atoms with Gasteiger partial charge in [0.2, 0.25) is 11.8 Å². The third kappa shape index (κ3) is 4.40. The van der Waals surface area contributed by atoms with Gasteiger partial charge in [-0.05, 0) is 25.0 Å². The summed E-state index contributed by atoms with van der Waals surface area (Å²) in [6.07, 6.45) is 2.99. The van der Waals surface area contributed by atoms with Gasteiger partial charge in [-0.25, -0.2) is 0 Å². The molecule has 0 aliphatic carbocycles. The van der Waals surface area contributed by atoms with Crippen molar-refractivity contribution in [3.63, 3.8) is 0 Å². The maximum absolute atomic E-state index is 11.8. The number of hydrogen-bond donors (Lipinski definition) is 2. The Morgan fingerprint density at radius 3 is 2.74 bits per heavy atom. The van der Waals surface area contributed by atoms with Crippen LogP contribution in [0.25, 0.3) is 0 Å². The number of furan rings is 1. The molecule has 0 bridgehead atoms. The van der Waals surface area contributed by atoms with Crippen LogP contribution in [0.4, 0.5) is 0 Å². The molecule has 2 N–H and O–H groups in total. The second-order valence-corrected chi connectivity index (χ2v) is 4.46. The Balaban J connectivity index is 1.64. The van der Waals surface area contributed by atoms with E-state index in [0.717, 1.165) is 12.8 Å². The number of rotatable bonds is 5. The van der Waals surface area contributed by atoms with Crippen LogP contribution in [0.15, 0.2) is 22.8 Å². The molecule has 104 valence electrons. The minimum Gasteiger partial charge on any atom is -0.467 e. The highest BCUT2D eigenvalue weighted by Gasteiger charge is 2.21. The number of carbonyl (C=O) groups is 2. The monoisotopic (exact) mass is 266 g/mol. The minimum absolute atomic E-state index is 0.00308. The first-order valence-corrected chi connectivity index (χ1v) is 6.40. The summed E-state index contributed by atoms with van der Waals surface area (Å²) in [5.41, 5.74) is 0. The minimum atomic E-state index is -0.225. The summed E-state index contributed by atoms with van der Waals surface area (Å²) in [5.74, 6) is 0.351. The molecule has 19 heavy (non-hydrogen) atoms. The van der Waals surface area contributed by atoms with Crippen molar-refractivity contribution in [3.05, 3.63) is 24.2 Å². The van der Waals surface area contributed by atoms with E-state index in [1.54, 1.807) is 18.4 Å². The molecule has 0 saturated carbocycles. The smallest absolute Gasteiger partial charge is 0.239 e. The summed E-state index contributed by atoms with van der Waals surface area (Å²) >= 11 is 0. The van der Waals surface area contributed by atoms with Crippen molar-refractivity contribution < 1.29 is 18.7 Å². The van der Waals surface area contributed by atoms with Crippen LogP contribution in [0.2, 0.25) is 0 Å². The van der Waals surface area contributed by atoms with Crippen molar-refractivity contribution in [2.75, 3.05) is 19.8 Å². The molecular formula is C13H18N2O4. The zero-order valence-electron chi connectivity index (χ0n) is 10.7. The highest BCUT2D eigenvalue weighted by Crippen LogP contribution is 2.14. The summed E-state index contributed by atoms with van der Waals surface area (Å²) in [6, 6.07) is 3.54. The van der Waals surface area contributed by atoms with Gasteiger partial charge in [0, 0.05) is 19.1 Å². The first-order valence-electron chi connectivity index (χ1n) is 6.40. The highest BCUT2D eigenvalue weighted by molar-refractivity contribution is 5.85. The Hall–Kier alpha value is -1.82. The Morgan fingerprint density at radius 2 is 2.05 bits per heavy atom. The fourth-order valence-electron chi connectivity index (χ4n) is 1.93. The van der Waals surface area contributed by atoms with E-state index in [1.807, 2.05) is 0 Å². The molecule has 0 spiro atoms. The molecule has 1 fully saturated rings. The first-order chi connectivity index (χ1) is 9.25. The zero-order valence-corrected chi connectivity index (χ0v) is 10.7. The van der Waals surface area contributed by atoms with Crippen LogP contribution in [0.3, 0.4) is 0 Å². The van der Waals surface area contributed by atoms with Gasteiger partial charge in [0.1, 0.15) is 5.76 Å². The third-order valence-electron chi connectivity index (χ3n) is 3.06. The van der Waals surface area contributed by atoms with Crippen molar-refractivity contribution in [2.45, 2.75) is 19.4 Å². The molecule has 0 aromatic carbocycles. The SMILES string of the molecule is O=C(CNC(=O)C1CCOCC1)NCc1ccco1. The lowest BCUT2D eigenvalue weighted by molar-refractivity contribution is -0.130. The lowest BCUT2D eigenvalue weighted by atomic mass is 9.99. The van der Waals surface area contributed by atoms with Gasteiger partial charge in [0.05, 0.1) is 19.4 Å². The van der Waals surface area contributed by atoms with Gasteiger partial charge in [-0.15, -0.1) is 0 Å². The normalized spacial score (nSPS) is 16.0. The Bertz CT molecular complexity index is 410. The molecule has 0 unspecified atom stereocenters. The quantitative estimate of drug-likeness (QED) is 0.810. The molecule has 6 heteroatoms. The van der Waals surface area contributed by atoms with Gasteiger partial charge in [-0.1, -0.05) is 0 Å². The number of hydrogen-bond acceptors (Lipinski definition) is 4. The van der Waals surface area contributed by atoms with Crippen LogP contribution in [0.5, 0.6) is 0 Å². The second kappa shape index (κ2) is 6.94. The maximum Gasteiger partial charge on any atom is 0.239 e. The Labute approximate surface area is 111 Å². The van der Waals surface area contributed by atoms with Crippen LogP contribution < -0.4 is 10.6 Å². The van der Waals surface area contributed by atoms with E-state index in [4.69, 9.17) is 9.15 Å². The summed E-state index contributed by atoms with van der Waals surface area (Å²) < 4.78 is 10.3. The molecule has 6 nitrogen and oxygen atoms in total. The number of carbonyl (C=O) groups excluding carboxylic acids is 2. The van der Waals surface area contributed by atoms with E-state index in [9.17, 15) is 9.59 Å². The van der Waals surface area contributed by atoms with Crippen molar-refractivity contribution in [2.24, 2.45) is 5.92 Å². The van der Waals surface area contributed by atoms with E-state index in [1.165, 1.54) is 0 Å². The first kappa shape index (κ1) is 13.6. The molecule has 2 amide bonds. The predicted octanol–water partition coefficient (Wildman–Crippen LogP) is 0.439. The summed E-state index contributed by atoms with van der Waals surface area (Å²) in [4.78, 5) is 23.3. The molecule has 1 aromatic heterocycles. The Morgan fingerprint density at radius 1 is 1.26 bits per heavy atom. The van der Waals surface area contributed by atoms with Crippen LogP contribution in [-0.4, -0.2) is 31.6 Å². The average Bonchev–Trinajstić information content (AvgIpc) is 2.96. The number of ether oxygens (including phenoxy) is 1. The molecular weight excluding hydrogens is 248 g/mol. The topological polar surface area (TPSA) is 80.6 Å². The van der Waals surface area contributed by atoms with E-state index < -0.39 is 0 Å². The molecule has 1 aliphatic heterocycles. The molecule has 0 radical (unpaired) electrons. The van der Waals surface area contributed by atoms with Gasteiger partial charge >= 0.3 is 0 Å². The molecule has 2 rings (SSSR count). The molecule has 2 heterocycles. The van der Waals surface area contributed by atoms with Crippen molar-refractivity contribution in [1.82, 2.24) is 10.6 Å². The maximum atomic E-state index is 11.8. The summed E-state index contributed by atoms with van der Waals surface area (Å²) in [5, 5.41) is 5.32. The lowest BCUT2D eigenvalue weighted by Gasteiger charge is -2.20. The third-order valence-corrected chi connectivity index (χ3v) is 3.06. The average molecular weight is 266 g/mol. The van der Waals surface area contributed by atoms with Crippen LogP contribution >= 0.6 is 0 Å². The standard InChI is InChI=1S/C13H18N2O4/c16-12(14-8-11-2-1-5-19-11)9-15-13(17)10-3-6-18-7-4-10/h1-2,5,10H,3-4,6-9H2,(H,14,16)(H,15,17). The predicted molar refractivity (Wildman–Crippen MR) is 67.1 cm³/mol. The Kier molecular flexibility index (Phi) is 4.97. The highest BCUT2D eigenvalue weighted by atomic mass is 16.5. The van der Waals surface area contributed by atoms with Gasteiger partial charge in [-0.3, -0.25) is 9.59 Å². The number of nitrogens with one attached hydrogen (secondary N) is 2. The largest absolute Gasteiger partial charge is 0.467 e. The van der Waals surface area contributed by atoms with E-state index in [-0.39, 0.29) is 24.3 Å². The van der Waals surface area contributed by atoms with E-state index in [0.29, 0.717) is 25.5 Å². The zero-order chi connectivity index (χ0) is 13.5. The summed E-state index contributed by atoms with van der Waals surface area (Å²) in [6.45, 7) is 1.56. The van der Waals surface area contributed by atoms with Crippen molar-refractivity contribution >= 4 is 11.8 Å². The summed E-state index contributed by atoms with van der Waals surface area (Å²) in [7, 11) is 0.